The van der Waals surface area contributed by atoms with Crippen LogP contribution in [0.2, 0.25) is 5.02 Å². The van der Waals surface area contributed by atoms with Crippen LogP contribution >= 0.6 is 11.6 Å². The lowest BCUT2D eigenvalue weighted by molar-refractivity contribution is 0.256. The van der Waals surface area contributed by atoms with Gasteiger partial charge in [-0.2, -0.15) is 0 Å². The van der Waals surface area contributed by atoms with Crippen molar-refractivity contribution in [3.63, 3.8) is 0 Å². The Labute approximate surface area is 132 Å². The molecule has 21 heavy (non-hydrogen) atoms. The molecule has 7 heteroatoms. The van der Waals surface area contributed by atoms with Crippen LogP contribution in [0.4, 0.5) is 0 Å². The Balaban J connectivity index is 2.68. The van der Waals surface area contributed by atoms with Gasteiger partial charge >= 0.3 is 0 Å². The summed E-state index contributed by atoms with van der Waals surface area (Å²) in [4.78, 5) is 2.28. The van der Waals surface area contributed by atoms with Crippen LogP contribution in [0, 0.1) is 0 Å². The molecule has 0 amide bonds. The minimum Gasteiger partial charge on any atom is -0.326 e. The summed E-state index contributed by atoms with van der Waals surface area (Å²) < 4.78 is 27.0. The van der Waals surface area contributed by atoms with Crippen molar-refractivity contribution in [2.45, 2.75) is 37.8 Å². The predicted octanol–water partition coefficient (Wildman–Crippen LogP) is 1.81. The van der Waals surface area contributed by atoms with E-state index in [1.54, 1.807) is 6.07 Å². The average Bonchev–Trinajstić information content (AvgIpc) is 2.45. The normalized spacial score (nSPS) is 13.6. The van der Waals surface area contributed by atoms with Gasteiger partial charge in [-0.25, -0.2) is 13.1 Å². The Morgan fingerprint density at radius 2 is 2.10 bits per heavy atom. The molecule has 3 N–H and O–H groups in total. The predicted molar refractivity (Wildman–Crippen MR) is 86.9 cm³/mol. The van der Waals surface area contributed by atoms with Crippen molar-refractivity contribution in [2.75, 3.05) is 20.1 Å². The molecule has 5 nitrogen and oxygen atoms in total. The first-order valence-corrected chi connectivity index (χ1v) is 8.86. The minimum atomic E-state index is -3.54. The summed E-state index contributed by atoms with van der Waals surface area (Å²) in [5.41, 5.74) is 6.24. The summed E-state index contributed by atoms with van der Waals surface area (Å²) in [6, 6.07) is 5.02. The molecular weight excluding hydrogens is 310 g/mol. The van der Waals surface area contributed by atoms with Gasteiger partial charge in [0.15, 0.2) is 0 Å². The second-order valence-corrected chi connectivity index (χ2v) is 7.27. The van der Waals surface area contributed by atoms with E-state index in [9.17, 15) is 8.42 Å². The fourth-order valence-electron chi connectivity index (χ4n) is 1.83. The molecule has 0 aromatic heterocycles. The molecule has 0 radical (unpaired) electrons. The number of nitrogens with zero attached hydrogens (tertiary/aromatic N) is 1. The van der Waals surface area contributed by atoms with Gasteiger partial charge in [-0.05, 0) is 38.1 Å². The quantitative estimate of drug-likeness (QED) is 0.760. The van der Waals surface area contributed by atoms with E-state index in [0.29, 0.717) is 24.2 Å². The van der Waals surface area contributed by atoms with Crippen LogP contribution in [0.1, 0.15) is 25.8 Å². The molecular formula is C14H24ClN3O2S. The molecule has 0 aliphatic heterocycles. The van der Waals surface area contributed by atoms with Crippen LogP contribution in [0.5, 0.6) is 0 Å². The van der Waals surface area contributed by atoms with Gasteiger partial charge in [0.1, 0.15) is 0 Å². The van der Waals surface area contributed by atoms with Crippen LogP contribution < -0.4 is 10.5 Å². The molecule has 0 saturated carbocycles. The van der Waals surface area contributed by atoms with E-state index in [1.807, 2.05) is 7.05 Å². The van der Waals surface area contributed by atoms with Gasteiger partial charge in [0.25, 0.3) is 0 Å². The third-order valence-electron chi connectivity index (χ3n) is 3.65. The number of hydrogen-bond acceptors (Lipinski definition) is 4. The van der Waals surface area contributed by atoms with Gasteiger partial charge < -0.3 is 10.6 Å². The molecule has 0 aliphatic rings. The van der Waals surface area contributed by atoms with Crippen LogP contribution in [0.3, 0.4) is 0 Å². The number of rotatable bonds is 8. The third-order valence-corrected chi connectivity index (χ3v) is 5.47. The molecule has 1 aromatic carbocycles. The van der Waals surface area contributed by atoms with Gasteiger partial charge in [0.05, 0.1) is 4.90 Å². The third kappa shape index (κ3) is 5.23. The highest BCUT2D eigenvalue weighted by Gasteiger charge is 2.16. The SMILES string of the molecule is CCC(C)N(C)CCNS(=O)(=O)c1ccc(CN)c(Cl)c1. The number of benzene rings is 1. The van der Waals surface area contributed by atoms with Crippen molar-refractivity contribution in [2.24, 2.45) is 5.73 Å². The molecule has 120 valence electrons. The van der Waals surface area contributed by atoms with Crippen molar-refractivity contribution in [1.29, 1.82) is 0 Å². The summed E-state index contributed by atoms with van der Waals surface area (Å²) in [5, 5.41) is 0.372. The standard InChI is InChI=1S/C14H24ClN3O2S/c1-4-11(2)18(3)8-7-17-21(19,20)13-6-5-12(10-16)14(15)9-13/h5-6,9,11,17H,4,7-8,10,16H2,1-3H3. The first-order valence-electron chi connectivity index (χ1n) is 7.00. The number of hydrogen-bond donors (Lipinski definition) is 2. The Morgan fingerprint density at radius 3 is 2.62 bits per heavy atom. The first-order chi connectivity index (χ1) is 9.81. The molecule has 0 saturated heterocycles. The molecule has 1 rings (SSSR count). The molecule has 1 aromatic rings. The van der Waals surface area contributed by atoms with Gasteiger partial charge in [-0.3, -0.25) is 0 Å². The van der Waals surface area contributed by atoms with E-state index in [4.69, 9.17) is 17.3 Å². The van der Waals surface area contributed by atoms with E-state index in [0.717, 1.165) is 12.0 Å². The molecule has 0 heterocycles. The number of sulfonamides is 1. The van der Waals surface area contributed by atoms with Crippen LogP contribution in [0.15, 0.2) is 23.1 Å². The average molecular weight is 334 g/mol. The highest BCUT2D eigenvalue weighted by molar-refractivity contribution is 7.89. The van der Waals surface area contributed by atoms with Crippen molar-refractivity contribution in [3.8, 4) is 0 Å². The Morgan fingerprint density at radius 1 is 1.43 bits per heavy atom. The molecule has 0 bridgehead atoms. The Hall–Kier alpha value is -0.660. The zero-order valence-electron chi connectivity index (χ0n) is 12.8. The number of likely N-dealkylation sites (N-methyl/N-ethyl adjacent to an activating group) is 1. The van der Waals surface area contributed by atoms with Crippen molar-refractivity contribution < 1.29 is 8.42 Å². The highest BCUT2D eigenvalue weighted by atomic mass is 35.5. The second-order valence-electron chi connectivity index (χ2n) is 5.09. The van der Waals surface area contributed by atoms with Gasteiger partial charge in [-0.15, -0.1) is 0 Å². The second kappa shape index (κ2) is 8.10. The Bertz CT molecular complexity index is 563. The first kappa shape index (κ1) is 18.4. The summed E-state index contributed by atoms with van der Waals surface area (Å²) in [6.45, 7) is 5.51. The molecule has 1 unspecified atom stereocenters. The zero-order valence-corrected chi connectivity index (χ0v) is 14.3. The zero-order chi connectivity index (χ0) is 16.0. The minimum absolute atomic E-state index is 0.163. The largest absolute Gasteiger partial charge is 0.326 e. The lowest BCUT2D eigenvalue weighted by Crippen LogP contribution is -2.37. The molecule has 0 fully saturated rings. The molecule has 1 atom stereocenters. The number of nitrogens with two attached hydrogens (primary N) is 1. The van der Waals surface area contributed by atoms with E-state index in [2.05, 4.69) is 23.5 Å². The van der Waals surface area contributed by atoms with Crippen LogP contribution in [-0.4, -0.2) is 39.5 Å². The van der Waals surface area contributed by atoms with Crippen LogP contribution in [-0.2, 0) is 16.6 Å². The summed E-state index contributed by atoms with van der Waals surface area (Å²) in [6.07, 6.45) is 1.03. The number of halogens is 1. The van der Waals surface area contributed by atoms with E-state index in [1.165, 1.54) is 12.1 Å². The highest BCUT2D eigenvalue weighted by Crippen LogP contribution is 2.20. The lowest BCUT2D eigenvalue weighted by Gasteiger charge is -2.23. The van der Waals surface area contributed by atoms with E-state index in [-0.39, 0.29) is 11.4 Å². The molecule has 0 spiro atoms. The maximum atomic E-state index is 12.2. The maximum absolute atomic E-state index is 12.2. The topological polar surface area (TPSA) is 75.4 Å². The Kier molecular flexibility index (Phi) is 7.09. The number of nitrogens with one attached hydrogen (secondary N) is 1. The van der Waals surface area contributed by atoms with Crippen molar-refractivity contribution >= 4 is 21.6 Å². The maximum Gasteiger partial charge on any atom is 0.240 e. The lowest BCUT2D eigenvalue weighted by atomic mass is 10.2. The molecule has 0 aliphatic carbocycles. The fraction of sp³-hybridized carbons (Fsp3) is 0.571. The van der Waals surface area contributed by atoms with Gasteiger partial charge in [0, 0.05) is 30.7 Å². The summed E-state index contributed by atoms with van der Waals surface area (Å²) in [7, 11) is -1.56. The van der Waals surface area contributed by atoms with Gasteiger partial charge in [-0.1, -0.05) is 24.6 Å². The van der Waals surface area contributed by atoms with E-state index >= 15 is 0 Å². The van der Waals surface area contributed by atoms with Crippen molar-refractivity contribution in [3.05, 3.63) is 28.8 Å². The van der Waals surface area contributed by atoms with Gasteiger partial charge in [0.2, 0.25) is 10.0 Å². The fourth-order valence-corrected chi connectivity index (χ4v) is 3.20. The van der Waals surface area contributed by atoms with Crippen molar-refractivity contribution in [1.82, 2.24) is 9.62 Å². The smallest absolute Gasteiger partial charge is 0.240 e. The van der Waals surface area contributed by atoms with Crippen LogP contribution in [0.25, 0.3) is 0 Å². The summed E-state index contributed by atoms with van der Waals surface area (Å²) in [5.74, 6) is 0. The monoisotopic (exact) mass is 333 g/mol. The summed E-state index contributed by atoms with van der Waals surface area (Å²) >= 11 is 6.00. The van der Waals surface area contributed by atoms with E-state index < -0.39 is 10.0 Å².